The number of furan rings is 1. The molecule has 0 radical (unpaired) electrons. The Bertz CT molecular complexity index is 6510. The first kappa shape index (κ1) is 52.6. The average Bonchev–Trinajstić information content (AvgIpc) is 1.53. The van der Waals surface area contributed by atoms with Crippen LogP contribution in [0.1, 0.15) is 49.9 Å². The van der Waals surface area contributed by atoms with Crippen molar-refractivity contribution in [2.45, 2.75) is 38.5 Å². The van der Waals surface area contributed by atoms with E-state index in [1.807, 2.05) is 22.7 Å². The second-order valence-electron chi connectivity index (χ2n) is 27.2. The fourth-order valence-corrected chi connectivity index (χ4v) is 19.2. The van der Waals surface area contributed by atoms with Crippen LogP contribution in [-0.2, 0) is 10.8 Å². The van der Waals surface area contributed by atoms with Gasteiger partial charge in [0, 0.05) is 124 Å². The van der Waals surface area contributed by atoms with Gasteiger partial charge in [-0.15, -0.1) is 22.7 Å². The van der Waals surface area contributed by atoms with E-state index in [0.717, 1.165) is 61.4 Å². The van der Waals surface area contributed by atoms with Crippen LogP contribution in [0.3, 0.4) is 0 Å². The molecule has 21 rings (SSSR count). The second kappa shape index (κ2) is 18.8. The van der Waals surface area contributed by atoms with Crippen LogP contribution in [0, 0.1) is 0 Å². The molecule has 0 saturated heterocycles. The van der Waals surface area contributed by atoms with Crippen molar-refractivity contribution in [1.29, 1.82) is 0 Å². The van der Waals surface area contributed by atoms with Gasteiger partial charge in [-0.1, -0.05) is 173 Å². The molecule has 0 unspecified atom stereocenters. The molecule has 94 heavy (non-hydrogen) atoms. The molecule has 0 atom stereocenters. The Balaban J connectivity index is 0.755. The molecule has 2 aliphatic rings. The second-order valence-corrected chi connectivity index (χ2v) is 29.4. The molecule has 14 aromatic carbocycles. The smallest absolute Gasteiger partial charge is 0.137 e. The number of rotatable bonds is 7. The van der Waals surface area contributed by atoms with Gasteiger partial charge in [-0.3, -0.25) is 0 Å². The maximum absolute atomic E-state index is 7.11. The summed E-state index contributed by atoms with van der Waals surface area (Å²) in [5, 5.41) is 14.6. The summed E-state index contributed by atoms with van der Waals surface area (Å²) < 4.78 is 14.8. The topological polar surface area (TPSA) is 24.0 Å². The standard InChI is InChI=1S/C88H57N3OS2/c1-87(2)74-22-12-8-18-60(74)68-44-54(30-36-76(68)87)89(58-28-34-66-64-20-10-14-24-82(64)93-84(66)48-58)56-26-32-62-72-40-51(50-16-6-5-7-17-50)41-73-70-38-53-43-80-71(39-52(53)42-78(70)91(86(72)73)79(62)46-56)63-33-27-57(47-81(63)92-80)90(59-29-35-67-65-21-11-15-25-83(65)94-85(67)49-59)55-31-37-77-69(45-55)61-19-9-13-23-75(61)88(77,3)4/h5-49H,1-4H3. The molecule has 0 spiro atoms. The molecule has 0 fully saturated rings. The molecule has 5 heterocycles. The van der Waals surface area contributed by atoms with Crippen LogP contribution in [0.5, 0.6) is 0 Å². The van der Waals surface area contributed by atoms with E-state index in [9.17, 15) is 0 Å². The molecule has 0 bridgehead atoms. The Morgan fingerprint density at radius 2 is 0.723 bits per heavy atom. The van der Waals surface area contributed by atoms with Gasteiger partial charge in [-0.05, 0) is 188 Å². The summed E-state index contributed by atoms with van der Waals surface area (Å²) in [6.07, 6.45) is 0. The summed E-state index contributed by atoms with van der Waals surface area (Å²) in [7, 11) is 0. The van der Waals surface area contributed by atoms with Crippen molar-refractivity contribution in [3.8, 4) is 33.4 Å². The molecule has 0 aliphatic heterocycles. The SMILES string of the molecule is CC1(C)c2ccccc2-c2cc(N(c3ccc4c(c3)oc3cc5cc6c7cc(-c8ccccc8)cc8c9ccc(N(c%10ccc%11c(c%10)-c%10ccccc%10C%11(C)C)c%10ccc%11c(c%10)sc%10ccccc%10%11)cc9n(c6cc5cc34)c87)c3ccc4c(c3)sc3ccccc34)ccc21. The Labute approximate surface area is 550 Å². The fraction of sp³-hybridized carbons (Fsp3) is 0.0682. The lowest BCUT2D eigenvalue weighted by molar-refractivity contribution is 0.660. The van der Waals surface area contributed by atoms with E-state index in [0.29, 0.717) is 0 Å². The van der Waals surface area contributed by atoms with Crippen LogP contribution in [0.25, 0.3) is 145 Å². The molecule has 0 amide bonds. The molecule has 0 N–H and O–H groups in total. The fourth-order valence-electron chi connectivity index (χ4n) is 16.9. The highest BCUT2D eigenvalue weighted by Gasteiger charge is 2.37. The molecule has 19 aromatic rings. The largest absolute Gasteiger partial charge is 0.456 e. The number of thiophene rings is 2. The highest BCUT2D eigenvalue weighted by atomic mass is 32.1. The molecule has 0 saturated carbocycles. The van der Waals surface area contributed by atoms with Crippen LogP contribution in [-0.4, -0.2) is 4.40 Å². The van der Waals surface area contributed by atoms with E-state index in [2.05, 4.69) is 315 Å². The van der Waals surface area contributed by atoms with E-state index in [1.165, 1.54) is 139 Å². The van der Waals surface area contributed by atoms with E-state index >= 15 is 0 Å². The Kier molecular flexibility index (Phi) is 10.5. The summed E-state index contributed by atoms with van der Waals surface area (Å²) in [5.74, 6) is 0. The first-order valence-electron chi connectivity index (χ1n) is 32.6. The maximum atomic E-state index is 7.11. The van der Waals surface area contributed by atoms with Gasteiger partial charge < -0.3 is 18.6 Å². The van der Waals surface area contributed by atoms with E-state index in [4.69, 9.17) is 4.42 Å². The van der Waals surface area contributed by atoms with Gasteiger partial charge in [0.2, 0.25) is 0 Å². The minimum Gasteiger partial charge on any atom is -0.456 e. The predicted molar refractivity (Wildman–Crippen MR) is 402 cm³/mol. The van der Waals surface area contributed by atoms with Gasteiger partial charge in [0.05, 0.1) is 16.6 Å². The first-order valence-corrected chi connectivity index (χ1v) is 34.2. The zero-order chi connectivity index (χ0) is 62.0. The van der Waals surface area contributed by atoms with Gasteiger partial charge >= 0.3 is 0 Å². The van der Waals surface area contributed by atoms with Crippen LogP contribution in [0.15, 0.2) is 277 Å². The van der Waals surface area contributed by atoms with E-state index in [1.54, 1.807) is 0 Å². The third-order valence-electron chi connectivity index (χ3n) is 21.4. The van der Waals surface area contributed by atoms with Crippen molar-refractivity contribution < 1.29 is 4.42 Å². The van der Waals surface area contributed by atoms with Crippen molar-refractivity contribution in [3.05, 3.63) is 295 Å². The zero-order valence-corrected chi connectivity index (χ0v) is 53.7. The van der Waals surface area contributed by atoms with E-state index in [-0.39, 0.29) is 10.8 Å². The van der Waals surface area contributed by atoms with Crippen LogP contribution in [0.4, 0.5) is 34.1 Å². The third kappa shape index (κ3) is 7.27. The summed E-state index contributed by atoms with van der Waals surface area (Å²) in [5.41, 5.74) is 24.8. The quantitative estimate of drug-likeness (QED) is 0.159. The van der Waals surface area contributed by atoms with E-state index < -0.39 is 0 Å². The average molecular weight is 1240 g/mol. The number of benzene rings is 14. The molecule has 5 aromatic heterocycles. The van der Waals surface area contributed by atoms with Crippen molar-refractivity contribution in [2.24, 2.45) is 0 Å². The lowest BCUT2D eigenvalue weighted by Crippen LogP contribution is -2.15. The number of hydrogen-bond donors (Lipinski definition) is 0. The van der Waals surface area contributed by atoms with Crippen LogP contribution < -0.4 is 9.80 Å². The maximum Gasteiger partial charge on any atom is 0.137 e. The van der Waals surface area contributed by atoms with Crippen LogP contribution in [0.2, 0.25) is 0 Å². The molecule has 4 nitrogen and oxygen atoms in total. The minimum atomic E-state index is -0.108. The van der Waals surface area contributed by atoms with Crippen LogP contribution >= 0.6 is 22.7 Å². The molecule has 442 valence electrons. The number of fused-ring (bicyclic) bond motifs is 22. The van der Waals surface area contributed by atoms with Crippen molar-refractivity contribution in [2.75, 3.05) is 9.80 Å². The highest BCUT2D eigenvalue weighted by Crippen LogP contribution is 2.55. The molecule has 6 heteroatoms. The first-order chi connectivity index (χ1) is 46.1. The summed E-state index contributed by atoms with van der Waals surface area (Å²) in [4.78, 5) is 4.92. The summed E-state index contributed by atoms with van der Waals surface area (Å²) >= 11 is 3.73. The van der Waals surface area contributed by atoms with Crippen molar-refractivity contribution in [1.82, 2.24) is 4.40 Å². The summed E-state index contributed by atoms with van der Waals surface area (Å²) in [6, 6.07) is 103. The Morgan fingerprint density at radius 1 is 0.287 bits per heavy atom. The van der Waals surface area contributed by atoms with Crippen molar-refractivity contribution in [3.63, 3.8) is 0 Å². The van der Waals surface area contributed by atoms with Gasteiger partial charge in [-0.2, -0.15) is 0 Å². The van der Waals surface area contributed by atoms with Gasteiger partial charge in [0.1, 0.15) is 11.2 Å². The monoisotopic (exact) mass is 1240 g/mol. The lowest BCUT2D eigenvalue weighted by atomic mass is 9.82. The highest BCUT2D eigenvalue weighted by molar-refractivity contribution is 7.26. The molecular weight excluding hydrogens is 1180 g/mol. The Morgan fingerprint density at radius 3 is 1.34 bits per heavy atom. The zero-order valence-electron chi connectivity index (χ0n) is 52.0. The van der Waals surface area contributed by atoms with Gasteiger partial charge in [-0.25, -0.2) is 0 Å². The van der Waals surface area contributed by atoms with Gasteiger partial charge in [0.15, 0.2) is 0 Å². The normalized spacial score (nSPS) is 13.9. The third-order valence-corrected chi connectivity index (χ3v) is 23.7. The number of nitrogens with zero attached hydrogens (tertiary/aromatic N) is 3. The summed E-state index contributed by atoms with van der Waals surface area (Å²) in [6.45, 7) is 9.44. The molecular formula is C88H57N3OS2. The number of aromatic nitrogens is 1. The number of anilines is 6. The van der Waals surface area contributed by atoms with Crippen molar-refractivity contribution >= 4 is 168 Å². The Hall–Kier alpha value is -11.0. The minimum absolute atomic E-state index is 0.100. The molecule has 2 aliphatic carbocycles. The lowest BCUT2D eigenvalue weighted by Gasteiger charge is -2.27. The number of hydrogen-bond acceptors (Lipinski definition) is 5. The predicted octanol–water partition coefficient (Wildman–Crippen LogP) is 25.8. The van der Waals surface area contributed by atoms with Gasteiger partial charge in [0.25, 0.3) is 0 Å².